The molecule has 4 aromatic rings. The summed E-state index contributed by atoms with van der Waals surface area (Å²) in [4.78, 5) is 4.81. The molecule has 0 radical (unpaired) electrons. The van der Waals surface area contributed by atoms with Crippen LogP contribution in [-0.4, -0.2) is 39.2 Å². The first-order valence-corrected chi connectivity index (χ1v) is 11.9. The van der Waals surface area contributed by atoms with E-state index in [9.17, 15) is 8.42 Å². The van der Waals surface area contributed by atoms with Crippen molar-refractivity contribution in [3.63, 3.8) is 0 Å². The number of hydrogen-bond acceptors (Lipinski definition) is 6. The van der Waals surface area contributed by atoms with Crippen LogP contribution in [0.25, 0.3) is 23.0 Å². The Morgan fingerprint density at radius 3 is 2.53 bits per heavy atom. The fourth-order valence-electron chi connectivity index (χ4n) is 4.01. The maximum Gasteiger partial charge on any atom is 0.279 e. The summed E-state index contributed by atoms with van der Waals surface area (Å²) >= 11 is 0. The molecule has 0 aliphatic carbocycles. The van der Waals surface area contributed by atoms with Crippen molar-refractivity contribution < 1.29 is 12.9 Å². The molecule has 0 saturated heterocycles. The molecule has 9 heteroatoms. The molecule has 0 saturated carbocycles. The summed E-state index contributed by atoms with van der Waals surface area (Å²) in [5.41, 5.74) is 4.25. The number of hydrogen-bond donors (Lipinski definition) is 0. The highest BCUT2D eigenvalue weighted by atomic mass is 32.2. The van der Waals surface area contributed by atoms with E-state index in [1.807, 2.05) is 56.4 Å². The van der Waals surface area contributed by atoms with E-state index >= 15 is 0 Å². The van der Waals surface area contributed by atoms with E-state index in [0.29, 0.717) is 29.4 Å². The third kappa shape index (κ3) is 3.53. The van der Waals surface area contributed by atoms with Crippen molar-refractivity contribution in [3.05, 3.63) is 71.4 Å². The molecule has 2 aromatic heterocycles. The van der Waals surface area contributed by atoms with Gasteiger partial charge in [-0.15, -0.1) is 0 Å². The van der Waals surface area contributed by atoms with Crippen LogP contribution in [0.15, 0.2) is 64.0 Å². The van der Waals surface area contributed by atoms with Gasteiger partial charge in [0.05, 0.1) is 4.90 Å². The predicted octanol–water partition coefficient (Wildman–Crippen LogP) is 3.45. The number of sulfonamides is 1. The maximum atomic E-state index is 13.3. The van der Waals surface area contributed by atoms with Crippen molar-refractivity contribution in [2.45, 2.75) is 31.2 Å². The number of benzene rings is 2. The SMILES string of the molecule is CCc1ccc(S(=O)(=O)N2CCc3c(c(-c4nc(-c5ccccc5)no4)nn3C)C2)cc1. The van der Waals surface area contributed by atoms with E-state index in [1.54, 1.807) is 16.8 Å². The largest absolute Gasteiger partial charge is 0.332 e. The normalized spacial score (nSPS) is 14.4. The Balaban J connectivity index is 1.48. The number of aryl methyl sites for hydroxylation is 2. The minimum absolute atomic E-state index is 0.208. The lowest BCUT2D eigenvalue weighted by atomic mass is 10.1. The van der Waals surface area contributed by atoms with E-state index in [4.69, 9.17) is 4.52 Å². The van der Waals surface area contributed by atoms with Crippen LogP contribution in [0.4, 0.5) is 0 Å². The third-order valence-corrected chi connectivity index (χ3v) is 7.70. The van der Waals surface area contributed by atoms with Gasteiger partial charge in [-0.3, -0.25) is 4.68 Å². The Labute approximate surface area is 186 Å². The van der Waals surface area contributed by atoms with Gasteiger partial charge >= 0.3 is 0 Å². The molecule has 5 rings (SSSR count). The van der Waals surface area contributed by atoms with Gasteiger partial charge in [-0.1, -0.05) is 54.5 Å². The van der Waals surface area contributed by atoms with Crippen LogP contribution < -0.4 is 0 Å². The highest BCUT2D eigenvalue weighted by molar-refractivity contribution is 7.89. The summed E-state index contributed by atoms with van der Waals surface area (Å²) < 4.78 is 35.4. The van der Waals surface area contributed by atoms with Crippen LogP contribution in [0, 0.1) is 0 Å². The Kier molecular flexibility index (Phi) is 5.15. The average molecular weight is 450 g/mol. The Bertz CT molecular complexity index is 1360. The average Bonchev–Trinajstić information content (AvgIpc) is 3.44. The van der Waals surface area contributed by atoms with Crippen LogP contribution in [0.3, 0.4) is 0 Å². The van der Waals surface area contributed by atoms with Gasteiger partial charge < -0.3 is 4.52 Å². The van der Waals surface area contributed by atoms with Gasteiger partial charge in [0, 0.05) is 43.4 Å². The third-order valence-electron chi connectivity index (χ3n) is 5.84. The second kappa shape index (κ2) is 7.99. The van der Waals surface area contributed by atoms with Gasteiger partial charge in [0.2, 0.25) is 15.8 Å². The molecule has 1 aliphatic rings. The highest BCUT2D eigenvalue weighted by Gasteiger charge is 2.33. The van der Waals surface area contributed by atoms with Crippen molar-refractivity contribution in [3.8, 4) is 23.0 Å². The number of aromatic nitrogens is 4. The fraction of sp³-hybridized carbons (Fsp3) is 0.261. The van der Waals surface area contributed by atoms with Gasteiger partial charge in [-0.2, -0.15) is 14.4 Å². The van der Waals surface area contributed by atoms with E-state index in [1.165, 1.54) is 4.31 Å². The van der Waals surface area contributed by atoms with Gasteiger partial charge in [0.25, 0.3) is 5.89 Å². The van der Waals surface area contributed by atoms with Crippen LogP contribution in [0.2, 0.25) is 0 Å². The van der Waals surface area contributed by atoms with Crippen molar-refractivity contribution in [2.75, 3.05) is 6.54 Å². The first-order valence-electron chi connectivity index (χ1n) is 10.5. The molecule has 32 heavy (non-hydrogen) atoms. The minimum Gasteiger partial charge on any atom is -0.332 e. The molecule has 164 valence electrons. The molecule has 0 atom stereocenters. The van der Waals surface area contributed by atoms with Crippen LogP contribution in [0.5, 0.6) is 0 Å². The van der Waals surface area contributed by atoms with Gasteiger partial charge in [0.15, 0.2) is 5.69 Å². The summed E-state index contributed by atoms with van der Waals surface area (Å²) in [6, 6.07) is 16.6. The standard InChI is InChI=1S/C23H23N5O3S/c1-3-16-9-11-18(12-10-16)32(29,30)28-14-13-20-19(15-28)21(25-27(20)2)23-24-22(26-31-23)17-7-5-4-6-8-17/h4-12H,3,13-15H2,1-2H3. The molecule has 2 aromatic carbocycles. The predicted molar refractivity (Wildman–Crippen MR) is 119 cm³/mol. The molecule has 0 bridgehead atoms. The molecule has 3 heterocycles. The lowest BCUT2D eigenvalue weighted by Gasteiger charge is -2.26. The second-order valence-electron chi connectivity index (χ2n) is 7.77. The lowest BCUT2D eigenvalue weighted by Crippen LogP contribution is -2.36. The maximum absolute atomic E-state index is 13.3. The molecule has 8 nitrogen and oxygen atoms in total. The van der Waals surface area contributed by atoms with E-state index in [0.717, 1.165) is 28.8 Å². The quantitative estimate of drug-likeness (QED) is 0.463. The minimum atomic E-state index is -3.63. The fourth-order valence-corrected chi connectivity index (χ4v) is 5.42. The van der Waals surface area contributed by atoms with Crippen molar-refractivity contribution in [2.24, 2.45) is 7.05 Å². The zero-order valence-electron chi connectivity index (χ0n) is 17.9. The Morgan fingerprint density at radius 1 is 1.06 bits per heavy atom. The van der Waals surface area contributed by atoms with Crippen LogP contribution >= 0.6 is 0 Å². The zero-order chi connectivity index (χ0) is 22.3. The molecule has 0 N–H and O–H groups in total. The van der Waals surface area contributed by atoms with Crippen molar-refractivity contribution in [1.82, 2.24) is 24.2 Å². The molecule has 0 unspecified atom stereocenters. The molecule has 0 spiro atoms. The van der Waals surface area contributed by atoms with Gasteiger partial charge in [0.1, 0.15) is 0 Å². The smallest absolute Gasteiger partial charge is 0.279 e. The van der Waals surface area contributed by atoms with E-state index in [2.05, 4.69) is 15.2 Å². The lowest BCUT2D eigenvalue weighted by molar-refractivity contribution is 0.385. The van der Waals surface area contributed by atoms with Gasteiger partial charge in [-0.05, 0) is 24.1 Å². The number of nitrogens with zero attached hydrogens (tertiary/aromatic N) is 5. The first-order chi connectivity index (χ1) is 15.5. The van der Waals surface area contributed by atoms with E-state index in [-0.39, 0.29) is 12.4 Å². The summed E-state index contributed by atoms with van der Waals surface area (Å²) in [7, 11) is -1.78. The topological polar surface area (TPSA) is 94.1 Å². The zero-order valence-corrected chi connectivity index (χ0v) is 18.7. The molecular formula is C23H23N5O3S. The molecule has 1 aliphatic heterocycles. The van der Waals surface area contributed by atoms with E-state index < -0.39 is 10.0 Å². The summed E-state index contributed by atoms with van der Waals surface area (Å²) in [6.45, 7) is 2.64. The van der Waals surface area contributed by atoms with Gasteiger partial charge in [-0.25, -0.2) is 8.42 Å². The summed E-state index contributed by atoms with van der Waals surface area (Å²) in [6.07, 6.45) is 1.42. The Morgan fingerprint density at radius 2 is 1.81 bits per heavy atom. The molecular weight excluding hydrogens is 426 g/mol. The molecule has 0 fully saturated rings. The second-order valence-corrected chi connectivity index (χ2v) is 9.71. The summed E-state index contributed by atoms with van der Waals surface area (Å²) in [5, 5.41) is 8.67. The monoisotopic (exact) mass is 449 g/mol. The Hall–Kier alpha value is -3.30. The van der Waals surface area contributed by atoms with Crippen LogP contribution in [-0.2, 0) is 36.5 Å². The first kappa shape index (κ1) is 20.6. The number of rotatable bonds is 5. The number of fused-ring (bicyclic) bond motifs is 1. The van der Waals surface area contributed by atoms with Crippen molar-refractivity contribution in [1.29, 1.82) is 0 Å². The summed E-state index contributed by atoms with van der Waals surface area (Å²) in [5.74, 6) is 0.753. The highest BCUT2D eigenvalue weighted by Crippen LogP contribution is 2.32. The van der Waals surface area contributed by atoms with Crippen molar-refractivity contribution >= 4 is 10.0 Å². The van der Waals surface area contributed by atoms with Crippen LogP contribution in [0.1, 0.15) is 23.7 Å². The molecule has 0 amide bonds.